The van der Waals surface area contributed by atoms with E-state index in [9.17, 15) is 13.2 Å². The standard InChI is InChI=1S/C14H20N2O4S/c1-15-21(18,19)11-6-7-13(20-2)12(10-11)14(17)16-8-4-3-5-9-16/h6-7,10,15H,3-5,8-9H2,1-2H3. The molecule has 116 valence electrons. The van der Waals surface area contributed by atoms with E-state index in [0.29, 0.717) is 18.8 Å². The highest BCUT2D eigenvalue weighted by Gasteiger charge is 2.23. The van der Waals surface area contributed by atoms with E-state index in [1.165, 1.54) is 32.4 Å². The number of hydrogen-bond donors (Lipinski definition) is 1. The molecular formula is C14H20N2O4S. The number of carbonyl (C=O) groups is 1. The van der Waals surface area contributed by atoms with Crippen molar-refractivity contribution in [1.29, 1.82) is 0 Å². The van der Waals surface area contributed by atoms with Gasteiger partial charge in [0.15, 0.2) is 0 Å². The van der Waals surface area contributed by atoms with Crippen molar-refractivity contribution in [2.24, 2.45) is 0 Å². The van der Waals surface area contributed by atoms with Crippen molar-refractivity contribution >= 4 is 15.9 Å². The molecule has 0 spiro atoms. The van der Waals surface area contributed by atoms with Crippen molar-refractivity contribution in [2.45, 2.75) is 24.2 Å². The molecule has 6 nitrogen and oxygen atoms in total. The molecule has 0 bridgehead atoms. The second-order valence-corrected chi connectivity index (χ2v) is 6.81. The zero-order chi connectivity index (χ0) is 15.5. The molecular weight excluding hydrogens is 292 g/mol. The summed E-state index contributed by atoms with van der Waals surface area (Å²) in [6, 6.07) is 4.32. The number of methoxy groups -OCH3 is 1. The molecule has 21 heavy (non-hydrogen) atoms. The third-order valence-electron chi connectivity index (χ3n) is 3.62. The first-order valence-corrected chi connectivity index (χ1v) is 8.39. The van der Waals surface area contributed by atoms with Gasteiger partial charge < -0.3 is 9.64 Å². The average Bonchev–Trinajstić information content (AvgIpc) is 2.54. The lowest BCUT2D eigenvalue weighted by atomic mass is 10.1. The predicted octanol–water partition coefficient (Wildman–Crippen LogP) is 1.23. The van der Waals surface area contributed by atoms with Crippen LogP contribution in [0.25, 0.3) is 0 Å². The van der Waals surface area contributed by atoms with Gasteiger partial charge in [-0.2, -0.15) is 0 Å². The SMILES string of the molecule is CNS(=O)(=O)c1ccc(OC)c(C(=O)N2CCCCC2)c1. The first-order chi connectivity index (χ1) is 9.99. The number of nitrogens with one attached hydrogen (secondary N) is 1. The van der Waals surface area contributed by atoms with Crippen LogP contribution in [0.3, 0.4) is 0 Å². The highest BCUT2D eigenvalue weighted by molar-refractivity contribution is 7.89. The minimum Gasteiger partial charge on any atom is -0.496 e. The van der Waals surface area contributed by atoms with Crippen molar-refractivity contribution in [3.05, 3.63) is 23.8 Å². The zero-order valence-electron chi connectivity index (χ0n) is 12.3. The normalized spacial score (nSPS) is 15.8. The summed E-state index contributed by atoms with van der Waals surface area (Å²) in [5.41, 5.74) is 0.288. The lowest BCUT2D eigenvalue weighted by molar-refractivity contribution is 0.0720. The van der Waals surface area contributed by atoms with Gasteiger partial charge >= 0.3 is 0 Å². The molecule has 0 unspecified atom stereocenters. The largest absolute Gasteiger partial charge is 0.496 e. The lowest BCUT2D eigenvalue weighted by Crippen LogP contribution is -2.36. The molecule has 1 aromatic carbocycles. The Morgan fingerprint density at radius 3 is 2.48 bits per heavy atom. The number of likely N-dealkylation sites (tertiary alicyclic amines) is 1. The van der Waals surface area contributed by atoms with Gasteiger partial charge in [0.1, 0.15) is 5.75 Å². The summed E-state index contributed by atoms with van der Waals surface area (Å²) < 4.78 is 31.2. The van der Waals surface area contributed by atoms with Crippen LogP contribution in [0.2, 0.25) is 0 Å². The van der Waals surface area contributed by atoms with Crippen LogP contribution >= 0.6 is 0 Å². The van der Waals surface area contributed by atoms with Crippen molar-refractivity contribution in [3.8, 4) is 5.75 Å². The van der Waals surface area contributed by atoms with E-state index in [2.05, 4.69) is 4.72 Å². The van der Waals surface area contributed by atoms with E-state index in [4.69, 9.17) is 4.74 Å². The first-order valence-electron chi connectivity index (χ1n) is 6.90. The fourth-order valence-corrected chi connectivity index (χ4v) is 3.16. The van der Waals surface area contributed by atoms with Gasteiger partial charge in [-0.1, -0.05) is 0 Å². The smallest absolute Gasteiger partial charge is 0.257 e. The van der Waals surface area contributed by atoms with E-state index in [1.54, 1.807) is 4.90 Å². The van der Waals surface area contributed by atoms with Crippen LogP contribution in [0, 0.1) is 0 Å². The lowest BCUT2D eigenvalue weighted by Gasteiger charge is -2.27. The molecule has 0 atom stereocenters. The van der Waals surface area contributed by atoms with Crippen LogP contribution in [0.15, 0.2) is 23.1 Å². The highest BCUT2D eigenvalue weighted by Crippen LogP contribution is 2.25. The fourth-order valence-electron chi connectivity index (χ4n) is 2.41. The number of ether oxygens (including phenoxy) is 1. The maximum atomic E-state index is 12.6. The van der Waals surface area contributed by atoms with Gasteiger partial charge in [-0.3, -0.25) is 4.79 Å². The number of amides is 1. The third-order valence-corrected chi connectivity index (χ3v) is 5.04. The Morgan fingerprint density at radius 2 is 1.90 bits per heavy atom. The van der Waals surface area contributed by atoms with E-state index in [1.807, 2.05) is 0 Å². The van der Waals surface area contributed by atoms with Crippen LogP contribution in [-0.4, -0.2) is 46.5 Å². The molecule has 1 aliphatic heterocycles. The summed E-state index contributed by atoms with van der Waals surface area (Å²) >= 11 is 0. The second kappa shape index (κ2) is 6.44. The summed E-state index contributed by atoms with van der Waals surface area (Å²) in [4.78, 5) is 14.4. The van der Waals surface area contributed by atoms with Crippen LogP contribution < -0.4 is 9.46 Å². The van der Waals surface area contributed by atoms with E-state index >= 15 is 0 Å². The Balaban J connectivity index is 2.40. The summed E-state index contributed by atoms with van der Waals surface area (Å²) in [6.07, 6.45) is 3.07. The molecule has 1 amide bonds. The first kappa shape index (κ1) is 15.8. The van der Waals surface area contributed by atoms with Gasteiger partial charge in [0.2, 0.25) is 10.0 Å². The van der Waals surface area contributed by atoms with Gasteiger partial charge in [0.05, 0.1) is 17.6 Å². The van der Waals surface area contributed by atoms with Crippen molar-refractivity contribution in [3.63, 3.8) is 0 Å². The summed E-state index contributed by atoms with van der Waals surface area (Å²) in [7, 11) is -0.780. The minimum atomic E-state index is -3.59. The minimum absolute atomic E-state index is 0.0613. The molecule has 1 fully saturated rings. The maximum Gasteiger partial charge on any atom is 0.257 e. The van der Waals surface area contributed by atoms with Gasteiger partial charge in [0.25, 0.3) is 5.91 Å². The Kier molecular flexibility index (Phi) is 4.84. The number of benzene rings is 1. The van der Waals surface area contributed by atoms with Crippen LogP contribution in [0.5, 0.6) is 5.75 Å². The quantitative estimate of drug-likeness (QED) is 0.907. The average molecular weight is 312 g/mol. The Hall–Kier alpha value is -1.60. The summed E-state index contributed by atoms with van der Waals surface area (Å²) in [5, 5.41) is 0. The van der Waals surface area contributed by atoms with Crippen molar-refractivity contribution < 1.29 is 17.9 Å². The summed E-state index contributed by atoms with van der Waals surface area (Å²) in [5.74, 6) is 0.209. The molecule has 1 N–H and O–H groups in total. The van der Waals surface area contributed by atoms with Crippen LogP contribution in [0.4, 0.5) is 0 Å². The number of sulfonamides is 1. The number of piperidine rings is 1. The molecule has 2 rings (SSSR count). The van der Waals surface area contributed by atoms with Crippen molar-refractivity contribution in [1.82, 2.24) is 9.62 Å². The predicted molar refractivity (Wildman–Crippen MR) is 79.0 cm³/mol. The maximum absolute atomic E-state index is 12.6. The molecule has 0 saturated carbocycles. The Bertz CT molecular complexity index is 622. The van der Waals surface area contributed by atoms with Crippen LogP contribution in [0.1, 0.15) is 29.6 Å². The highest BCUT2D eigenvalue weighted by atomic mass is 32.2. The molecule has 1 aliphatic rings. The zero-order valence-corrected chi connectivity index (χ0v) is 13.1. The third kappa shape index (κ3) is 3.36. The van der Waals surface area contributed by atoms with E-state index in [-0.39, 0.29) is 16.4 Å². The number of carbonyl (C=O) groups excluding carboxylic acids is 1. The number of rotatable bonds is 4. The molecule has 0 aliphatic carbocycles. The van der Waals surface area contributed by atoms with E-state index < -0.39 is 10.0 Å². The second-order valence-electron chi connectivity index (χ2n) is 4.92. The molecule has 0 radical (unpaired) electrons. The van der Waals surface area contributed by atoms with Gasteiger partial charge in [-0.25, -0.2) is 13.1 Å². The van der Waals surface area contributed by atoms with Crippen LogP contribution in [-0.2, 0) is 10.0 Å². The molecule has 7 heteroatoms. The van der Waals surface area contributed by atoms with E-state index in [0.717, 1.165) is 19.3 Å². The molecule has 0 aromatic heterocycles. The number of hydrogen-bond acceptors (Lipinski definition) is 4. The summed E-state index contributed by atoms with van der Waals surface area (Å²) in [6.45, 7) is 1.40. The fraction of sp³-hybridized carbons (Fsp3) is 0.500. The molecule has 1 aromatic rings. The van der Waals surface area contributed by atoms with Gasteiger partial charge in [-0.05, 0) is 44.5 Å². The number of nitrogens with zero attached hydrogens (tertiary/aromatic N) is 1. The van der Waals surface area contributed by atoms with Gasteiger partial charge in [0, 0.05) is 13.1 Å². The van der Waals surface area contributed by atoms with Gasteiger partial charge in [-0.15, -0.1) is 0 Å². The van der Waals surface area contributed by atoms with Crippen molar-refractivity contribution in [2.75, 3.05) is 27.2 Å². The molecule has 1 heterocycles. The molecule has 1 saturated heterocycles. The Morgan fingerprint density at radius 1 is 1.24 bits per heavy atom. The monoisotopic (exact) mass is 312 g/mol. The topological polar surface area (TPSA) is 75.7 Å². The Labute approximate surface area is 125 Å².